The Morgan fingerprint density at radius 3 is 3.00 bits per heavy atom. The summed E-state index contributed by atoms with van der Waals surface area (Å²) in [6.07, 6.45) is 0.854. The molecular formula is C8H11N3S2. The summed E-state index contributed by atoms with van der Waals surface area (Å²) < 4.78 is 0. The number of nitrogens with zero attached hydrogens (tertiary/aromatic N) is 1. The van der Waals surface area contributed by atoms with Crippen LogP contribution in [0.25, 0.3) is 0 Å². The lowest BCUT2D eigenvalue weighted by Gasteiger charge is -2.01. The van der Waals surface area contributed by atoms with E-state index in [0.29, 0.717) is 0 Å². The number of thiocarbonyl (C=S) groups is 1. The van der Waals surface area contributed by atoms with Gasteiger partial charge in [-0.15, -0.1) is 0 Å². The predicted octanol–water partition coefficient (Wildman–Crippen LogP) is 1.70. The summed E-state index contributed by atoms with van der Waals surface area (Å²) in [4.78, 5) is 0. The van der Waals surface area contributed by atoms with Crippen LogP contribution in [0.5, 0.6) is 0 Å². The standard InChI is InChI=1S/C8H11N3S2/c1-2-7(10-11-8(9)12)6-3-4-13-5-6/h3-5H,2H2,1H3,(H3,9,11,12)/b10-7-. The highest BCUT2D eigenvalue weighted by Crippen LogP contribution is 2.08. The molecule has 13 heavy (non-hydrogen) atoms. The summed E-state index contributed by atoms with van der Waals surface area (Å²) in [5.74, 6) is 0. The molecule has 3 nitrogen and oxygen atoms in total. The van der Waals surface area contributed by atoms with Crippen molar-refractivity contribution >= 4 is 34.4 Å². The Morgan fingerprint density at radius 1 is 1.77 bits per heavy atom. The average Bonchev–Trinajstić information content (AvgIpc) is 2.58. The van der Waals surface area contributed by atoms with Crippen LogP contribution in [0, 0.1) is 0 Å². The minimum absolute atomic E-state index is 0.196. The average molecular weight is 213 g/mol. The largest absolute Gasteiger partial charge is 0.375 e. The molecule has 0 aliphatic heterocycles. The fourth-order valence-corrected chi connectivity index (χ4v) is 1.61. The van der Waals surface area contributed by atoms with Crippen LogP contribution in [0.4, 0.5) is 0 Å². The van der Waals surface area contributed by atoms with Crippen molar-refractivity contribution in [2.45, 2.75) is 13.3 Å². The van der Waals surface area contributed by atoms with Gasteiger partial charge in [-0.3, -0.25) is 5.43 Å². The molecular weight excluding hydrogens is 202 g/mol. The first-order valence-electron chi connectivity index (χ1n) is 3.88. The second-order valence-corrected chi connectivity index (χ2v) is 3.62. The van der Waals surface area contributed by atoms with Gasteiger partial charge in [0.05, 0.1) is 5.71 Å². The number of nitrogens with two attached hydrogens (primary N) is 1. The quantitative estimate of drug-likeness (QED) is 0.456. The highest BCUT2D eigenvalue weighted by atomic mass is 32.1. The lowest BCUT2D eigenvalue weighted by molar-refractivity contribution is 1.01. The van der Waals surface area contributed by atoms with E-state index in [4.69, 9.17) is 5.73 Å². The van der Waals surface area contributed by atoms with Crippen molar-refractivity contribution in [3.63, 3.8) is 0 Å². The smallest absolute Gasteiger partial charge is 0.184 e. The Hall–Kier alpha value is -0.940. The molecule has 0 atom stereocenters. The summed E-state index contributed by atoms with van der Waals surface area (Å²) >= 11 is 6.30. The van der Waals surface area contributed by atoms with Crippen LogP contribution < -0.4 is 11.2 Å². The summed E-state index contributed by atoms with van der Waals surface area (Å²) in [7, 11) is 0. The van der Waals surface area contributed by atoms with Crippen molar-refractivity contribution in [1.82, 2.24) is 5.43 Å². The van der Waals surface area contributed by atoms with E-state index in [9.17, 15) is 0 Å². The molecule has 0 unspecified atom stereocenters. The van der Waals surface area contributed by atoms with Crippen LogP contribution in [0.15, 0.2) is 21.9 Å². The van der Waals surface area contributed by atoms with Crippen LogP contribution in [-0.2, 0) is 0 Å². The molecule has 0 aromatic carbocycles. The van der Waals surface area contributed by atoms with Gasteiger partial charge in [0.15, 0.2) is 5.11 Å². The lowest BCUT2D eigenvalue weighted by atomic mass is 10.2. The van der Waals surface area contributed by atoms with Gasteiger partial charge in [-0.2, -0.15) is 16.4 Å². The number of hydrazone groups is 1. The number of rotatable bonds is 3. The molecule has 0 saturated heterocycles. The van der Waals surface area contributed by atoms with E-state index < -0.39 is 0 Å². The fourth-order valence-electron chi connectivity index (χ4n) is 0.899. The first-order valence-corrected chi connectivity index (χ1v) is 5.23. The second-order valence-electron chi connectivity index (χ2n) is 2.40. The Morgan fingerprint density at radius 2 is 2.54 bits per heavy atom. The fraction of sp³-hybridized carbons (Fsp3) is 0.250. The summed E-state index contributed by atoms with van der Waals surface area (Å²) in [6.45, 7) is 2.04. The third-order valence-corrected chi connectivity index (χ3v) is 2.26. The normalized spacial score (nSPS) is 11.3. The summed E-state index contributed by atoms with van der Waals surface area (Å²) in [6, 6.07) is 2.02. The van der Waals surface area contributed by atoms with E-state index in [2.05, 4.69) is 22.7 Å². The molecule has 0 saturated carbocycles. The van der Waals surface area contributed by atoms with Crippen LogP contribution in [0.2, 0.25) is 0 Å². The van der Waals surface area contributed by atoms with Crippen molar-refractivity contribution in [2.24, 2.45) is 10.8 Å². The third kappa shape index (κ3) is 3.12. The molecule has 0 bridgehead atoms. The van der Waals surface area contributed by atoms with E-state index in [1.807, 2.05) is 23.8 Å². The Balaban J connectivity index is 2.73. The first-order chi connectivity index (χ1) is 6.24. The minimum atomic E-state index is 0.196. The van der Waals surface area contributed by atoms with Gasteiger partial charge in [0.1, 0.15) is 0 Å². The third-order valence-electron chi connectivity index (χ3n) is 1.49. The van der Waals surface area contributed by atoms with E-state index >= 15 is 0 Å². The van der Waals surface area contributed by atoms with Crippen molar-refractivity contribution in [1.29, 1.82) is 0 Å². The molecule has 5 heteroatoms. The molecule has 0 aliphatic rings. The molecule has 1 aromatic heterocycles. The second kappa shape index (κ2) is 4.94. The molecule has 1 rings (SSSR count). The Kier molecular flexibility index (Phi) is 3.85. The zero-order chi connectivity index (χ0) is 9.68. The zero-order valence-corrected chi connectivity index (χ0v) is 8.91. The van der Waals surface area contributed by atoms with Crippen molar-refractivity contribution in [3.8, 4) is 0 Å². The lowest BCUT2D eigenvalue weighted by Crippen LogP contribution is -2.25. The number of hydrogen-bond acceptors (Lipinski definition) is 3. The molecule has 1 heterocycles. The van der Waals surface area contributed by atoms with Gasteiger partial charge in [0.25, 0.3) is 0 Å². The molecule has 70 valence electrons. The van der Waals surface area contributed by atoms with E-state index in [1.54, 1.807) is 11.3 Å². The SMILES string of the molecule is CC/C(=N/NC(N)=S)c1ccsc1. The highest BCUT2D eigenvalue weighted by Gasteiger charge is 2.00. The topological polar surface area (TPSA) is 50.4 Å². The van der Waals surface area contributed by atoms with E-state index in [0.717, 1.165) is 17.7 Å². The van der Waals surface area contributed by atoms with E-state index in [1.165, 1.54) is 0 Å². The number of nitrogens with one attached hydrogen (secondary N) is 1. The molecule has 3 N–H and O–H groups in total. The van der Waals surface area contributed by atoms with Gasteiger partial charge < -0.3 is 5.73 Å². The maximum atomic E-state index is 5.26. The minimum Gasteiger partial charge on any atom is -0.375 e. The monoisotopic (exact) mass is 213 g/mol. The van der Waals surface area contributed by atoms with Crippen LogP contribution >= 0.6 is 23.6 Å². The van der Waals surface area contributed by atoms with E-state index in [-0.39, 0.29) is 5.11 Å². The molecule has 1 aromatic rings. The van der Waals surface area contributed by atoms with Gasteiger partial charge in [-0.25, -0.2) is 0 Å². The molecule has 0 radical (unpaired) electrons. The molecule has 0 amide bonds. The predicted molar refractivity (Wildman–Crippen MR) is 61.1 cm³/mol. The Labute approximate surface area is 86.6 Å². The molecule has 0 aliphatic carbocycles. The maximum Gasteiger partial charge on any atom is 0.184 e. The van der Waals surface area contributed by atoms with Gasteiger partial charge in [-0.1, -0.05) is 6.92 Å². The van der Waals surface area contributed by atoms with Crippen LogP contribution in [0.1, 0.15) is 18.9 Å². The highest BCUT2D eigenvalue weighted by molar-refractivity contribution is 7.80. The Bertz CT molecular complexity index is 303. The first kappa shape index (κ1) is 10.1. The number of hydrogen-bond donors (Lipinski definition) is 2. The van der Waals surface area contributed by atoms with Crippen LogP contribution in [0.3, 0.4) is 0 Å². The van der Waals surface area contributed by atoms with Crippen molar-refractivity contribution in [2.75, 3.05) is 0 Å². The molecule has 0 spiro atoms. The van der Waals surface area contributed by atoms with Crippen LogP contribution in [-0.4, -0.2) is 10.8 Å². The number of thiophene rings is 1. The zero-order valence-electron chi connectivity index (χ0n) is 7.28. The summed E-state index contributed by atoms with van der Waals surface area (Å²) in [5, 5.41) is 8.35. The van der Waals surface area contributed by atoms with Gasteiger partial charge >= 0.3 is 0 Å². The molecule has 0 fully saturated rings. The summed E-state index contributed by atoms with van der Waals surface area (Å²) in [5.41, 5.74) is 9.94. The van der Waals surface area contributed by atoms with Gasteiger partial charge in [0.2, 0.25) is 0 Å². The van der Waals surface area contributed by atoms with Crippen molar-refractivity contribution in [3.05, 3.63) is 22.4 Å². The van der Waals surface area contributed by atoms with Crippen molar-refractivity contribution < 1.29 is 0 Å². The van der Waals surface area contributed by atoms with Gasteiger partial charge in [-0.05, 0) is 35.5 Å². The maximum absolute atomic E-state index is 5.26. The van der Waals surface area contributed by atoms with Gasteiger partial charge in [0, 0.05) is 5.56 Å².